The summed E-state index contributed by atoms with van der Waals surface area (Å²) in [5.41, 5.74) is 12.9. The molecule has 0 aliphatic carbocycles. The summed E-state index contributed by atoms with van der Waals surface area (Å²) in [7, 11) is 0. The molecule has 0 saturated heterocycles. The molecule has 5 nitrogen and oxygen atoms in total. The van der Waals surface area contributed by atoms with Crippen molar-refractivity contribution in [2.75, 3.05) is 0 Å². The minimum atomic E-state index is 0.598. The van der Waals surface area contributed by atoms with Gasteiger partial charge in [-0.1, -0.05) is 109 Å². The first kappa shape index (κ1) is 30.7. The van der Waals surface area contributed by atoms with E-state index < -0.39 is 0 Å². The third-order valence-corrected chi connectivity index (χ3v) is 11.1. The lowest BCUT2D eigenvalue weighted by Gasteiger charge is -2.16. The van der Waals surface area contributed by atoms with Crippen molar-refractivity contribution in [3.63, 3.8) is 0 Å². The molecular formula is C50H29N5. The topological polar surface area (TPSA) is 42.9 Å². The molecule has 0 N–H and O–H groups in total. The molecular weight excluding hydrogens is 671 g/mol. The molecule has 3 heterocycles. The third kappa shape index (κ3) is 4.45. The van der Waals surface area contributed by atoms with E-state index in [1.165, 1.54) is 10.8 Å². The van der Waals surface area contributed by atoms with Crippen molar-refractivity contribution >= 4 is 71.1 Å². The molecule has 11 rings (SSSR count). The van der Waals surface area contributed by atoms with Crippen molar-refractivity contribution in [1.82, 2.24) is 13.7 Å². The molecule has 0 aliphatic heterocycles. The highest BCUT2D eigenvalue weighted by Gasteiger charge is 2.20. The number of hydrogen-bond acceptors (Lipinski definition) is 1. The number of nitrogens with zero attached hydrogens (tertiary/aromatic N) is 5. The maximum atomic E-state index is 10.2. The molecule has 254 valence electrons. The van der Waals surface area contributed by atoms with Gasteiger partial charge in [0.1, 0.15) is 0 Å². The molecule has 3 aromatic heterocycles. The molecule has 55 heavy (non-hydrogen) atoms. The summed E-state index contributed by atoms with van der Waals surface area (Å²) in [4.78, 5) is 3.86. The molecule has 0 bridgehead atoms. The van der Waals surface area contributed by atoms with Gasteiger partial charge < -0.3 is 13.7 Å². The summed E-state index contributed by atoms with van der Waals surface area (Å²) < 4.78 is 6.92. The Balaban J connectivity index is 1.13. The van der Waals surface area contributed by atoms with Gasteiger partial charge in [0.2, 0.25) is 0 Å². The number of para-hydroxylation sites is 4. The van der Waals surface area contributed by atoms with Crippen LogP contribution in [-0.2, 0) is 0 Å². The van der Waals surface area contributed by atoms with E-state index in [0.29, 0.717) is 11.3 Å². The SMILES string of the molecule is [C-]#[N+]c1cccc2c1c1ccccc1n2-c1ccc(-c2ccc(C#N)cc2-n2c3ccccc3c3ccc(-n4c5ccccc5c5ccccc54)cc32)cc1. The zero-order valence-electron chi connectivity index (χ0n) is 29.5. The highest BCUT2D eigenvalue weighted by molar-refractivity contribution is 6.15. The van der Waals surface area contributed by atoms with E-state index in [-0.39, 0.29) is 0 Å². The predicted octanol–water partition coefficient (Wildman–Crippen LogP) is 13.1. The normalized spacial score (nSPS) is 11.6. The van der Waals surface area contributed by atoms with E-state index in [2.05, 4.69) is 164 Å². The van der Waals surface area contributed by atoms with Gasteiger partial charge in [-0.25, -0.2) is 4.85 Å². The van der Waals surface area contributed by atoms with Crippen LogP contribution in [0.5, 0.6) is 0 Å². The van der Waals surface area contributed by atoms with Gasteiger partial charge in [-0.15, -0.1) is 0 Å². The maximum absolute atomic E-state index is 10.2. The number of fused-ring (bicyclic) bond motifs is 9. The molecule has 0 amide bonds. The molecule has 0 saturated carbocycles. The molecule has 0 fully saturated rings. The first-order valence-corrected chi connectivity index (χ1v) is 18.3. The summed E-state index contributed by atoms with van der Waals surface area (Å²) in [5, 5.41) is 17.0. The van der Waals surface area contributed by atoms with Gasteiger partial charge in [-0.05, 0) is 77.7 Å². The second kappa shape index (κ2) is 11.8. The first-order chi connectivity index (χ1) is 27.2. The molecule has 0 atom stereocenters. The van der Waals surface area contributed by atoms with Crippen molar-refractivity contribution in [2.24, 2.45) is 0 Å². The van der Waals surface area contributed by atoms with E-state index in [0.717, 1.165) is 82.8 Å². The van der Waals surface area contributed by atoms with Gasteiger partial charge in [0.15, 0.2) is 5.69 Å². The van der Waals surface area contributed by atoms with Crippen LogP contribution in [0.4, 0.5) is 5.69 Å². The Morgan fingerprint density at radius 3 is 1.60 bits per heavy atom. The molecule has 8 aromatic carbocycles. The second-order valence-electron chi connectivity index (χ2n) is 13.9. The van der Waals surface area contributed by atoms with Crippen LogP contribution < -0.4 is 0 Å². The molecule has 11 aromatic rings. The lowest BCUT2D eigenvalue weighted by molar-refractivity contribution is 1.15. The Hall–Kier alpha value is -7.86. The highest BCUT2D eigenvalue weighted by Crippen LogP contribution is 2.41. The van der Waals surface area contributed by atoms with Gasteiger partial charge in [-0.3, -0.25) is 0 Å². The molecule has 0 spiro atoms. The Morgan fingerprint density at radius 2 is 0.964 bits per heavy atom. The Morgan fingerprint density at radius 1 is 0.436 bits per heavy atom. The number of hydrogen-bond donors (Lipinski definition) is 0. The zero-order valence-corrected chi connectivity index (χ0v) is 29.5. The van der Waals surface area contributed by atoms with Crippen LogP contribution in [0, 0.1) is 17.9 Å². The van der Waals surface area contributed by atoms with Crippen LogP contribution >= 0.6 is 0 Å². The van der Waals surface area contributed by atoms with E-state index in [4.69, 9.17) is 6.57 Å². The number of aromatic nitrogens is 3. The van der Waals surface area contributed by atoms with Crippen molar-refractivity contribution in [3.8, 4) is 34.3 Å². The summed E-state index contributed by atoms with van der Waals surface area (Å²) in [6, 6.07) is 63.7. The van der Waals surface area contributed by atoms with Crippen molar-refractivity contribution in [2.45, 2.75) is 0 Å². The quantitative estimate of drug-likeness (QED) is 0.169. The van der Waals surface area contributed by atoms with E-state index in [1.807, 2.05) is 36.4 Å². The monoisotopic (exact) mass is 699 g/mol. The van der Waals surface area contributed by atoms with Gasteiger partial charge >= 0.3 is 0 Å². The van der Waals surface area contributed by atoms with Crippen LogP contribution in [0.3, 0.4) is 0 Å². The molecule has 0 radical (unpaired) electrons. The van der Waals surface area contributed by atoms with Gasteiger partial charge in [0.25, 0.3) is 0 Å². The van der Waals surface area contributed by atoms with Gasteiger partial charge in [0, 0.05) is 49.4 Å². The maximum Gasteiger partial charge on any atom is 0.197 e. The standard InChI is InChI=1S/C50H29N5/c1-52-42-15-10-20-47-50(42)41-14-5-9-19-46(41)53(47)34-24-22-33(23-25-34)36-27-21-32(31-51)29-48(36)55-45-18-8-4-13-39(45)40-28-26-35(30-49(40)55)54-43-16-6-2-11-37(43)38-12-3-7-17-44(38)54/h2-30H. The average Bonchev–Trinajstić information content (AvgIpc) is 3.89. The van der Waals surface area contributed by atoms with Crippen LogP contribution in [0.1, 0.15) is 5.56 Å². The van der Waals surface area contributed by atoms with Gasteiger partial charge in [0.05, 0.1) is 51.5 Å². The van der Waals surface area contributed by atoms with E-state index in [1.54, 1.807) is 0 Å². The molecule has 0 unspecified atom stereocenters. The largest absolute Gasteiger partial charge is 0.311 e. The van der Waals surface area contributed by atoms with Crippen molar-refractivity contribution in [3.05, 3.63) is 193 Å². The number of benzene rings is 8. The smallest absolute Gasteiger partial charge is 0.197 e. The summed E-state index contributed by atoms with van der Waals surface area (Å²) in [6.07, 6.45) is 0. The van der Waals surface area contributed by atoms with Crippen molar-refractivity contribution < 1.29 is 0 Å². The predicted molar refractivity (Wildman–Crippen MR) is 226 cm³/mol. The minimum Gasteiger partial charge on any atom is -0.311 e. The minimum absolute atomic E-state index is 0.598. The fraction of sp³-hybridized carbons (Fsp3) is 0. The first-order valence-electron chi connectivity index (χ1n) is 18.3. The Labute approximate surface area is 316 Å². The Kier molecular flexibility index (Phi) is 6.61. The third-order valence-electron chi connectivity index (χ3n) is 11.1. The van der Waals surface area contributed by atoms with E-state index in [9.17, 15) is 5.26 Å². The van der Waals surface area contributed by atoms with Crippen LogP contribution in [0.25, 0.3) is 98.5 Å². The van der Waals surface area contributed by atoms with Crippen LogP contribution in [0.2, 0.25) is 0 Å². The van der Waals surface area contributed by atoms with E-state index >= 15 is 0 Å². The molecule has 5 heteroatoms. The number of nitriles is 1. The summed E-state index contributed by atoms with van der Waals surface area (Å²) in [5.74, 6) is 0. The van der Waals surface area contributed by atoms with Crippen molar-refractivity contribution in [1.29, 1.82) is 5.26 Å². The summed E-state index contributed by atoms with van der Waals surface area (Å²) in [6.45, 7) is 7.85. The fourth-order valence-electron chi connectivity index (χ4n) is 8.75. The second-order valence-corrected chi connectivity index (χ2v) is 13.9. The Bertz CT molecular complexity index is 3400. The highest BCUT2D eigenvalue weighted by atomic mass is 15.0. The lowest BCUT2D eigenvalue weighted by Crippen LogP contribution is -2.00. The fourth-order valence-corrected chi connectivity index (χ4v) is 8.75. The average molecular weight is 700 g/mol. The van der Waals surface area contributed by atoms with Crippen LogP contribution in [0.15, 0.2) is 176 Å². The summed E-state index contributed by atoms with van der Waals surface area (Å²) >= 11 is 0. The molecule has 0 aliphatic rings. The number of rotatable bonds is 4. The van der Waals surface area contributed by atoms with Gasteiger partial charge in [-0.2, -0.15) is 5.26 Å². The van der Waals surface area contributed by atoms with Crippen LogP contribution in [-0.4, -0.2) is 13.7 Å². The lowest BCUT2D eigenvalue weighted by atomic mass is 10.0. The zero-order chi connectivity index (χ0) is 36.6.